The highest BCUT2D eigenvalue weighted by atomic mass is 79.9. The number of carbonyl (C=O) groups excluding carboxylic acids is 1. The highest BCUT2D eigenvalue weighted by Crippen LogP contribution is 2.32. The molecule has 0 aliphatic carbocycles. The molecule has 0 aliphatic heterocycles. The average molecular weight is 343 g/mol. The van der Waals surface area contributed by atoms with Gasteiger partial charge in [-0.1, -0.05) is 22.9 Å². The van der Waals surface area contributed by atoms with Crippen LogP contribution >= 0.6 is 43.2 Å². The Morgan fingerprint density at radius 3 is 2.93 bits per heavy atom. The molecule has 0 saturated heterocycles. The van der Waals surface area contributed by atoms with Gasteiger partial charge in [-0.25, -0.2) is 4.98 Å². The first-order valence-corrected chi connectivity index (χ1v) is 6.53. The molecule has 0 amide bonds. The molecular weight excluding hydrogens is 334 g/mol. The maximum atomic E-state index is 10.1. The number of hydrogen-bond acceptors (Lipinski definition) is 4. The van der Waals surface area contributed by atoms with E-state index in [4.69, 9.17) is 4.74 Å². The van der Waals surface area contributed by atoms with E-state index in [1.807, 2.05) is 6.92 Å². The van der Waals surface area contributed by atoms with Crippen molar-refractivity contribution in [3.63, 3.8) is 0 Å². The van der Waals surface area contributed by atoms with Crippen LogP contribution in [0.3, 0.4) is 0 Å². The molecule has 2 unspecified atom stereocenters. The van der Waals surface area contributed by atoms with Crippen LogP contribution in [-0.4, -0.2) is 22.9 Å². The molecule has 0 bridgehead atoms. The molecule has 0 fully saturated rings. The monoisotopic (exact) mass is 341 g/mol. The van der Waals surface area contributed by atoms with E-state index in [0.29, 0.717) is 13.1 Å². The minimum absolute atomic E-state index is 0.0841. The fraction of sp³-hybridized carbons (Fsp3) is 0.500. The summed E-state index contributed by atoms with van der Waals surface area (Å²) in [4.78, 5) is 14.6. The summed E-state index contributed by atoms with van der Waals surface area (Å²) >= 11 is 8.42. The lowest BCUT2D eigenvalue weighted by Gasteiger charge is -2.16. The van der Waals surface area contributed by atoms with Crippen molar-refractivity contribution in [3.8, 4) is 0 Å². The van der Waals surface area contributed by atoms with Gasteiger partial charge >= 0.3 is 0 Å². The Morgan fingerprint density at radius 1 is 1.79 bits per heavy atom. The quantitative estimate of drug-likeness (QED) is 0.610. The molecule has 0 radical (unpaired) electrons. The molecule has 3 nitrogen and oxygen atoms in total. The van der Waals surface area contributed by atoms with Gasteiger partial charge in [-0.15, -0.1) is 11.3 Å². The summed E-state index contributed by atoms with van der Waals surface area (Å²) in [7, 11) is 0. The Labute approximate surface area is 103 Å². The molecule has 0 aliphatic rings. The zero-order valence-electron chi connectivity index (χ0n) is 7.44. The predicted octanol–water partition coefficient (Wildman–Crippen LogP) is 2.95. The molecule has 1 aromatic rings. The maximum Gasteiger partial charge on any atom is 0.293 e. The van der Waals surface area contributed by atoms with E-state index in [9.17, 15) is 4.79 Å². The summed E-state index contributed by atoms with van der Waals surface area (Å²) < 4.78 is 5.76. The Kier molecular flexibility index (Phi) is 5.05. The molecule has 0 spiro atoms. The van der Waals surface area contributed by atoms with Gasteiger partial charge in [0, 0.05) is 10.7 Å². The van der Waals surface area contributed by atoms with Crippen molar-refractivity contribution in [1.82, 2.24) is 4.98 Å². The number of carbonyl (C=O) groups is 1. The van der Waals surface area contributed by atoms with Gasteiger partial charge in [0.25, 0.3) is 6.47 Å². The molecule has 14 heavy (non-hydrogen) atoms. The number of aromatic nitrogens is 1. The lowest BCUT2D eigenvalue weighted by atomic mass is 10.1. The van der Waals surface area contributed by atoms with Crippen molar-refractivity contribution in [2.75, 3.05) is 6.61 Å². The third-order valence-corrected chi connectivity index (χ3v) is 4.03. The van der Waals surface area contributed by atoms with Gasteiger partial charge in [-0.3, -0.25) is 4.79 Å². The molecule has 0 N–H and O–H groups in total. The van der Waals surface area contributed by atoms with Gasteiger partial charge in [-0.05, 0) is 15.9 Å². The number of thiazole rings is 1. The van der Waals surface area contributed by atoms with Gasteiger partial charge in [-0.2, -0.15) is 0 Å². The zero-order chi connectivity index (χ0) is 10.6. The van der Waals surface area contributed by atoms with Crippen LogP contribution in [0.2, 0.25) is 0 Å². The second kappa shape index (κ2) is 5.82. The summed E-state index contributed by atoms with van der Waals surface area (Å²) in [5.74, 6) is 0.0841. The summed E-state index contributed by atoms with van der Waals surface area (Å²) in [6, 6.07) is 0. The van der Waals surface area contributed by atoms with Gasteiger partial charge < -0.3 is 4.74 Å². The van der Waals surface area contributed by atoms with Crippen molar-refractivity contribution >= 4 is 49.7 Å². The highest BCUT2D eigenvalue weighted by molar-refractivity contribution is 9.11. The fourth-order valence-corrected chi connectivity index (χ4v) is 2.69. The average Bonchev–Trinajstić information content (AvgIpc) is 2.52. The normalized spacial score (nSPS) is 14.8. The minimum atomic E-state index is 0.0841. The maximum absolute atomic E-state index is 10.1. The SMILES string of the molecule is CC(Br)C(COC=O)c1ncsc1Br. The number of hydrogen-bond donors (Lipinski definition) is 0. The third-order valence-electron chi connectivity index (χ3n) is 1.80. The standard InChI is InChI=1S/C8H9Br2NO2S/c1-5(9)6(2-13-4-12)7-8(10)14-3-11-7/h3-6H,2H2,1H3. The molecule has 1 heterocycles. The number of nitrogens with zero attached hydrogens (tertiary/aromatic N) is 1. The predicted molar refractivity (Wildman–Crippen MR) is 63.0 cm³/mol. The third kappa shape index (κ3) is 3.03. The van der Waals surface area contributed by atoms with E-state index < -0.39 is 0 Å². The summed E-state index contributed by atoms with van der Waals surface area (Å²) in [5.41, 5.74) is 2.70. The van der Waals surface area contributed by atoms with Crippen LogP contribution in [0.25, 0.3) is 0 Å². The molecule has 78 valence electrons. The van der Waals surface area contributed by atoms with Crippen LogP contribution in [0.15, 0.2) is 9.30 Å². The largest absolute Gasteiger partial charge is 0.467 e. The van der Waals surface area contributed by atoms with Crippen LogP contribution in [0.1, 0.15) is 18.5 Å². The van der Waals surface area contributed by atoms with E-state index in [0.717, 1.165) is 9.48 Å². The van der Waals surface area contributed by atoms with Gasteiger partial charge in [0.1, 0.15) is 6.61 Å². The van der Waals surface area contributed by atoms with E-state index in [1.165, 1.54) is 11.3 Å². The molecule has 1 rings (SSSR count). The topological polar surface area (TPSA) is 39.2 Å². The molecule has 6 heteroatoms. The van der Waals surface area contributed by atoms with Crippen LogP contribution in [0.4, 0.5) is 0 Å². The highest BCUT2D eigenvalue weighted by Gasteiger charge is 2.22. The lowest BCUT2D eigenvalue weighted by molar-refractivity contribution is -0.129. The van der Waals surface area contributed by atoms with Gasteiger partial charge in [0.05, 0.1) is 15.0 Å². The zero-order valence-corrected chi connectivity index (χ0v) is 11.4. The lowest BCUT2D eigenvalue weighted by Crippen LogP contribution is -2.16. The number of halogens is 2. The van der Waals surface area contributed by atoms with Crippen molar-refractivity contribution in [2.45, 2.75) is 17.7 Å². The number of rotatable bonds is 5. The van der Waals surface area contributed by atoms with Crippen molar-refractivity contribution in [1.29, 1.82) is 0 Å². The van der Waals surface area contributed by atoms with Crippen molar-refractivity contribution in [2.24, 2.45) is 0 Å². The smallest absolute Gasteiger partial charge is 0.293 e. The molecule has 0 aromatic carbocycles. The first kappa shape index (κ1) is 12.1. The van der Waals surface area contributed by atoms with Crippen LogP contribution < -0.4 is 0 Å². The summed E-state index contributed by atoms with van der Waals surface area (Å²) in [5, 5.41) is 0. The second-order valence-corrected chi connectivity index (χ2v) is 6.34. The number of alkyl halides is 1. The van der Waals surface area contributed by atoms with E-state index in [-0.39, 0.29) is 10.7 Å². The Balaban J connectivity index is 2.77. The number of ether oxygens (including phenoxy) is 1. The molecule has 0 saturated carbocycles. The van der Waals surface area contributed by atoms with Gasteiger partial charge in [0.15, 0.2) is 0 Å². The van der Waals surface area contributed by atoms with E-state index in [1.54, 1.807) is 5.51 Å². The molecule has 2 atom stereocenters. The molecular formula is C8H9Br2NO2S. The van der Waals surface area contributed by atoms with Crippen LogP contribution in [-0.2, 0) is 9.53 Å². The van der Waals surface area contributed by atoms with E-state index in [2.05, 4.69) is 36.8 Å². The van der Waals surface area contributed by atoms with Crippen molar-refractivity contribution in [3.05, 3.63) is 15.0 Å². The molecule has 1 aromatic heterocycles. The summed E-state index contributed by atoms with van der Waals surface area (Å²) in [6.07, 6.45) is 0. The Morgan fingerprint density at radius 2 is 2.50 bits per heavy atom. The van der Waals surface area contributed by atoms with Crippen molar-refractivity contribution < 1.29 is 9.53 Å². The second-order valence-electron chi connectivity index (χ2n) is 2.72. The van der Waals surface area contributed by atoms with Gasteiger partial charge in [0.2, 0.25) is 0 Å². The minimum Gasteiger partial charge on any atom is -0.467 e. The van der Waals surface area contributed by atoms with Crippen LogP contribution in [0, 0.1) is 0 Å². The summed E-state index contributed by atoms with van der Waals surface area (Å²) in [6.45, 7) is 2.81. The van der Waals surface area contributed by atoms with E-state index >= 15 is 0 Å². The first-order valence-electron chi connectivity index (χ1n) is 3.95. The Hall–Kier alpha value is 0.0600. The first-order chi connectivity index (χ1) is 6.66. The van der Waals surface area contributed by atoms with Crippen LogP contribution in [0.5, 0.6) is 0 Å². The Bertz CT molecular complexity index is 303. The fourth-order valence-electron chi connectivity index (χ4n) is 1.05.